The lowest BCUT2D eigenvalue weighted by molar-refractivity contribution is 0.413. The molecule has 0 atom stereocenters. The van der Waals surface area contributed by atoms with Gasteiger partial charge in [-0.05, 0) is 26.9 Å². The Morgan fingerprint density at radius 1 is 1.41 bits per heavy atom. The fourth-order valence-corrected chi connectivity index (χ4v) is 3.10. The lowest BCUT2D eigenvalue weighted by Crippen LogP contribution is -2.24. The zero-order chi connectivity index (χ0) is 12.1. The van der Waals surface area contributed by atoms with Crippen molar-refractivity contribution in [3.05, 3.63) is 16.1 Å². The highest BCUT2D eigenvalue weighted by molar-refractivity contribution is 7.11. The van der Waals surface area contributed by atoms with Crippen molar-refractivity contribution < 1.29 is 0 Å². The zero-order valence-corrected chi connectivity index (χ0v) is 11.7. The molecular weight excluding hydrogens is 230 g/mol. The Bertz CT molecular complexity index is 329. The Morgan fingerprint density at radius 3 is 2.88 bits per heavy atom. The first kappa shape index (κ1) is 13.0. The van der Waals surface area contributed by atoms with Gasteiger partial charge in [0.1, 0.15) is 0 Å². The molecule has 0 radical (unpaired) electrons. The highest BCUT2D eigenvalue weighted by Crippen LogP contribution is 2.19. The van der Waals surface area contributed by atoms with Crippen LogP contribution >= 0.6 is 11.3 Å². The van der Waals surface area contributed by atoms with E-state index in [1.54, 1.807) is 0 Å². The van der Waals surface area contributed by atoms with Crippen LogP contribution in [0.3, 0.4) is 0 Å². The molecule has 0 aromatic carbocycles. The Hall–Kier alpha value is -0.450. The van der Waals surface area contributed by atoms with Crippen molar-refractivity contribution in [1.82, 2.24) is 15.2 Å². The molecule has 0 spiro atoms. The number of nitrogens with one attached hydrogen (secondary N) is 1. The van der Waals surface area contributed by atoms with Crippen molar-refractivity contribution in [2.75, 3.05) is 20.6 Å². The van der Waals surface area contributed by atoms with E-state index in [1.165, 1.54) is 35.6 Å². The molecule has 4 heteroatoms. The first-order valence-electron chi connectivity index (χ1n) is 6.56. The summed E-state index contributed by atoms with van der Waals surface area (Å²) in [4.78, 5) is 8.07. The highest BCUT2D eigenvalue weighted by atomic mass is 32.1. The van der Waals surface area contributed by atoms with E-state index in [2.05, 4.69) is 29.3 Å². The maximum atomic E-state index is 4.49. The van der Waals surface area contributed by atoms with Crippen LogP contribution in [0.25, 0.3) is 0 Å². The largest absolute Gasteiger partial charge is 0.309 e. The molecule has 0 bridgehead atoms. The molecule has 0 aliphatic heterocycles. The Balaban J connectivity index is 1.73. The Labute approximate surface area is 108 Å². The van der Waals surface area contributed by atoms with Crippen molar-refractivity contribution in [2.24, 2.45) is 0 Å². The van der Waals surface area contributed by atoms with Gasteiger partial charge < -0.3 is 10.2 Å². The summed E-state index contributed by atoms with van der Waals surface area (Å²) in [7, 11) is 4.21. The Morgan fingerprint density at radius 2 is 2.18 bits per heavy atom. The molecule has 1 fully saturated rings. The molecule has 0 saturated heterocycles. The SMILES string of the molecule is CN(C)CCc1ncc(CNC2CCCC2)s1. The summed E-state index contributed by atoms with van der Waals surface area (Å²) < 4.78 is 0. The molecule has 1 aromatic heterocycles. The molecule has 3 nitrogen and oxygen atoms in total. The summed E-state index contributed by atoms with van der Waals surface area (Å²) in [6.07, 6.45) is 8.61. The third kappa shape index (κ3) is 4.37. The summed E-state index contributed by atoms with van der Waals surface area (Å²) >= 11 is 1.86. The van der Waals surface area contributed by atoms with E-state index in [9.17, 15) is 0 Å². The molecule has 17 heavy (non-hydrogen) atoms. The standard InChI is InChI=1S/C13H23N3S/c1-16(2)8-7-13-15-10-12(17-13)9-14-11-5-3-4-6-11/h10-11,14H,3-9H2,1-2H3. The van der Waals surface area contributed by atoms with E-state index in [1.807, 2.05) is 17.5 Å². The Kier molecular flexibility index (Phi) is 4.95. The van der Waals surface area contributed by atoms with Crippen LogP contribution in [-0.4, -0.2) is 36.6 Å². The average molecular weight is 253 g/mol. The second-order valence-electron chi connectivity index (χ2n) is 5.14. The second-order valence-corrected chi connectivity index (χ2v) is 6.34. The third-order valence-electron chi connectivity index (χ3n) is 3.29. The van der Waals surface area contributed by atoms with Gasteiger partial charge in [-0.1, -0.05) is 12.8 Å². The van der Waals surface area contributed by atoms with Crippen molar-refractivity contribution in [2.45, 2.75) is 44.7 Å². The van der Waals surface area contributed by atoms with Crippen LogP contribution in [0.5, 0.6) is 0 Å². The highest BCUT2D eigenvalue weighted by Gasteiger charge is 2.14. The van der Waals surface area contributed by atoms with Crippen LogP contribution in [0, 0.1) is 0 Å². The van der Waals surface area contributed by atoms with Gasteiger partial charge in [0.15, 0.2) is 0 Å². The third-order valence-corrected chi connectivity index (χ3v) is 4.35. The van der Waals surface area contributed by atoms with Crippen molar-refractivity contribution in [1.29, 1.82) is 0 Å². The van der Waals surface area contributed by atoms with Crippen molar-refractivity contribution >= 4 is 11.3 Å². The lowest BCUT2D eigenvalue weighted by atomic mass is 10.2. The number of nitrogens with zero attached hydrogens (tertiary/aromatic N) is 2. The summed E-state index contributed by atoms with van der Waals surface area (Å²) in [5, 5.41) is 4.90. The van der Waals surface area contributed by atoms with E-state index >= 15 is 0 Å². The minimum absolute atomic E-state index is 0.752. The van der Waals surface area contributed by atoms with Gasteiger partial charge in [-0.2, -0.15) is 0 Å². The fraction of sp³-hybridized carbons (Fsp3) is 0.769. The summed E-state index contributed by atoms with van der Waals surface area (Å²) in [5.74, 6) is 0. The number of rotatable bonds is 6. The smallest absolute Gasteiger partial charge is 0.0940 e. The summed E-state index contributed by atoms with van der Waals surface area (Å²) in [5.41, 5.74) is 0. The fourth-order valence-electron chi connectivity index (χ4n) is 2.24. The van der Waals surface area contributed by atoms with Crippen LogP contribution in [0.1, 0.15) is 35.6 Å². The van der Waals surface area contributed by atoms with Gasteiger partial charge in [-0.3, -0.25) is 0 Å². The molecule has 0 amide bonds. The van der Waals surface area contributed by atoms with Crippen molar-refractivity contribution in [3.63, 3.8) is 0 Å². The predicted octanol–water partition coefficient (Wildman–Crippen LogP) is 2.28. The first-order chi connectivity index (χ1) is 8.24. The van der Waals surface area contributed by atoms with E-state index in [-0.39, 0.29) is 0 Å². The molecule has 1 aliphatic rings. The van der Waals surface area contributed by atoms with Crippen LogP contribution in [0.4, 0.5) is 0 Å². The van der Waals surface area contributed by atoms with Crippen LogP contribution < -0.4 is 5.32 Å². The molecule has 2 rings (SSSR count). The van der Waals surface area contributed by atoms with Gasteiger partial charge in [0.25, 0.3) is 0 Å². The molecule has 1 N–H and O–H groups in total. The van der Waals surface area contributed by atoms with Gasteiger partial charge >= 0.3 is 0 Å². The van der Waals surface area contributed by atoms with E-state index in [0.717, 1.165) is 25.6 Å². The second kappa shape index (κ2) is 6.47. The monoisotopic (exact) mass is 253 g/mol. The molecule has 0 unspecified atom stereocenters. The van der Waals surface area contributed by atoms with Crippen LogP contribution in [0.2, 0.25) is 0 Å². The molecule has 1 aliphatic carbocycles. The summed E-state index contributed by atoms with van der Waals surface area (Å²) in [6, 6.07) is 0.752. The van der Waals surface area contributed by atoms with E-state index < -0.39 is 0 Å². The van der Waals surface area contributed by atoms with Crippen LogP contribution in [-0.2, 0) is 13.0 Å². The van der Waals surface area contributed by atoms with E-state index in [0.29, 0.717) is 0 Å². The van der Waals surface area contributed by atoms with Gasteiger partial charge in [0, 0.05) is 36.6 Å². The molecule has 1 saturated carbocycles. The van der Waals surface area contributed by atoms with Gasteiger partial charge in [0.05, 0.1) is 5.01 Å². The minimum Gasteiger partial charge on any atom is -0.309 e. The maximum Gasteiger partial charge on any atom is 0.0940 e. The predicted molar refractivity (Wildman–Crippen MR) is 73.5 cm³/mol. The molecule has 1 heterocycles. The quantitative estimate of drug-likeness (QED) is 0.843. The first-order valence-corrected chi connectivity index (χ1v) is 7.37. The van der Waals surface area contributed by atoms with Crippen molar-refractivity contribution in [3.8, 4) is 0 Å². The normalized spacial score (nSPS) is 17.1. The van der Waals surface area contributed by atoms with Gasteiger partial charge in [0.2, 0.25) is 0 Å². The number of hydrogen-bond acceptors (Lipinski definition) is 4. The summed E-state index contributed by atoms with van der Waals surface area (Å²) in [6.45, 7) is 2.09. The lowest BCUT2D eigenvalue weighted by Gasteiger charge is -2.09. The number of aromatic nitrogens is 1. The van der Waals surface area contributed by atoms with Gasteiger partial charge in [-0.25, -0.2) is 4.98 Å². The number of thiazole rings is 1. The topological polar surface area (TPSA) is 28.2 Å². The average Bonchev–Trinajstić information content (AvgIpc) is 2.95. The molecular formula is C13H23N3S. The minimum atomic E-state index is 0.752. The molecule has 96 valence electrons. The molecule has 1 aromatic rings. The van der Waals surface area contributed by atoms with Gasteiger partial charge in [-0.15, -0.1) is 11.3 Å². The number of likely N-dealkylation sites (N-methyl/N-ethyl adjacent to an activating group) is 1. The zero-order valence-electron chi connectivity index (χ0n) is 10.9. The van der Waals surface area contributed by atoms with E-state index in [4.69, 9.17) is 0 Å². The van der Waals surface area contributed by atoms with Crippen LogP contribution in [0.15, 0.2) is 6.20 Å². The number of hydrogen-bond donors (Lipinski definition) is 1. The maximum absolute atomic E-state index is 4.49.